The van der Waals surface area contributed by atoms with Crippen LogP contribution in [-0.4, -0.2) is 18.3 Å². The molecule has 0 radical (unpaired) electrons. The number of rotatable bonds is 5. The fourth-order valence-corrected chi connectivity index (χ4v) is 2.52. The maximum absolute atomic E-state index is 11.2. The van der Waals surface area contributed by atoms with Gasteiger partial charge in [-0.25, -0.2) is 0 Å². The van der Waals surface area contributed by atoms with Gasteiger partial charge in [0.25, 0.3) is 5.69 Å². The lowest BCUT2D eigenvalue weighted by atomic mass is 10.1. The second kappa shape index (κ2) is 6.49. The van der Waals surface area contributed by atoms with Crippen molar-refractivity contribution in [1.29, 1.82) is 0 Å². The molecule has 0 spiro atoms. The van der Waals surface area contributed by atoms with Gasteiger partial charge in [0, 0.05) is 29.7 Å². The molecule has 0 aromatic heterocycles. The van der Waals surface area contributed by atoms with Crippen molar-refractivity contribution in [2.24, 2.45) is 0 Å². The van der Waals surface area contributed by atoms with Crippen molar-refractivity contribution in [1.82, 2.24) is 0 Å². The lowest BCUT2D eigenvalue weighted by Gasteiger charge is -2.19. The quantitative estimate of drug-likeness (QED) is 0.468. The van der Waals surface area contributed by atoms with Crippen molar-refractivity contribution in [3.63, 3.8) is 0 Å². The van der Waals surface area contributed by atoms with E-state index < -0.39 is 4.92 Å². The number of benzene rings is 2. The molecule has 0 heterocycles. The standard InChI is InChI=1S/C15H13BrN2O3/c1-17(9-11-3-2-4-13(16)7-11)14-6-5-12(10-19)8-15(14)18(20)21/h2-8,10H,9H2,1H3. The summed E-state index contributed by atoms with van der Waals surface area (Å²) in [6, 6.07) is 12.2. The van der Waals surface area contributed by atoms with E-state index in [1.807, 2.05) is 24.3 Å². The molecule has 0 aliphatic heterocycles. The summed E-state index contributed by atoms with van der Waals surface area (Å²) in [7, 11) is 1.78. The number of anilines is 1. The number of carbonyl (C=O) groups is 1. The highest BCUT2D eigenvalue weighted by Gasteiger charge is 2.18. The monoisotopic (exact) mass is 348 g/mol. The molecule has 6 heteroatoms. The summed E-state index contributed by atoms with van der Waals surface area (Å²) < 4.78 is 0.958. The number of aldehydes is 1. The van der Waals surface area contributed by atoms with Gasteiger partial charge in [-0.2, -0.15) is 0 Å². The van der Waals surface area contributed by atoms with Crippen molar-refractivity contribution in [3.8, 4) is 0 Å². The minimum Gasteiger partial charge on any atom is -0.365 e. The average molecular weight is 349 g/mol. The van der Waals surface area contributed by atoms with Crippen LogP contribution in [0.5, 0.6) is 0 Å². The highest BCUT2D eigenvalue weighted by atomic mass is 79.9. The van der Waals surface area contributed by atoms with Gasteiger partial charge < -0.3 is 4.90 Å². The molecule has 0 atom stereocenters. The van der Waals surface area contributed by atoms with Crippen LogP contribution in [0.15, 0.2) is 46.9 Å². The molecule has 0 fully saturated rings. The smallest absolute Gasteiger partial charge is 0.293 e. The van der Waals surface area contributed by atoms with E-state index in [-0.39, 0.29) is 5.69 Å². The Morgan fingerprint density at radius 1 is 1.29 bits per heavy atom. The van der Waals surface area contributed by atoms with Crippen molar-refractivity contribution in [2.75, 3.05) is 11.9 Å². The Labute approximate surface area is 130 Å². The molecule has 0 saturated heterocycles. The molecule has 0 saturated carbocycles. The number of nitro benzene ring substituents is 1. The predicted octanol–water partition coefficient (Wildman–Crippen LogP) is 3.81. The molecular formula is C15H13BrN2O3. The molecular weight excluding hydrogens is 336 g/mol. The van der Waals surface area contributed by atoms with Gasteiger partial charge in [-0.15, -0.1) is 0 Å². The van der Waals surface area contributed by atoms with E-state index in [1.165, 1.54) is 6.07 Å². The topological polar surface area (TPSA) is 63.5 Å². The average Bonchev–Trinajstić information content (AvgIpc) is 2.46. The molecule has 5 nitrogen and oxygen atoms in total. The maximum atomic E-state index is 11.2. The van der Waals surface area contributed by atoms with Crippen LogP contribution in [-0.2, 0) is 6.54 Å². The normalized spacial score (nSPS) is 10.2. The lowest BCUT2D eigenvalue weighted by Crippen LogP contribution is -2.17. The molecule has 0 amide bonds. The van der Waals surface area contributed by atoms with E-state index in [9.17, 15) is 14.9 Å². The van der Waals surface area contributed by atoms with E-state index in [0.717, 1.165) is 10.0 Å². The van der Waals surface area contributed by atoms with Crippen LogP contribution >= 0.6 is 15.9 Å². The van der Waals surface area contributed by atoms with Crippen LogP contribution in [0.2, 0.25) is 0 Å². The fourth-order valence-electron chi connectivity index (χ4n) is 2.08. The third-order valence-electron chi connectivity index (χ3n) is 3.05. The Bertz CT molecular complexity index is 688. The van der Waals surface area contributed by atoms with Gasteiger partial charge >= 0.3 is 0 Å². The molecule has 0 bridgehead atoms. The van der Waals surface area contributed by atoms with Crippen LogP contribution in [0.4, 0.5) is 11.4 Å². The minimum absolute atomic E-state index is 0.0721. The zero-order chi connectivity index (χ0) is 15.4. The van der Waals surface area contributed by atoms with Gasteiger partial charge in [0.1, 0.15) is 12.0 Å². The van der Waals surface area contributed by atoms with Crippen molar-refractivity contribution in [3.05, 3.63) is 68.2 Å². The maximum Gasteiger partial charge on any atom is 0.293 e. The van der Waals surface area contributed by atoms with Gasteiger partial charge in [-0.3, -0.25) is 14.9 Å². The summed E-state index contributed by atoms with van der Waals surface area (Å²) in [6.07, 6.45) is 0.602. The first-order chi connectivity index (χ1) is 10.0. The van der Waals surface area contributed by atoms with Gasteiger partial charge in [-0.05, 0) is 29.8 Å². The molecule has 2 aromatic carbocycles. The SMILES string of the molecule is CN(Cc1cccc(Br)c1)c1ccc(C=O)cc1[N+](=O)[O-]. The number of nitrogens with zero attached hydrogens (tertiary/aromatic N) is 2. The van der Waals surface area contributed by atoms with Crippen LogP contribution < -0.4 is 4.90 Å². The predicted molar refractivity (Wildman–Crippen MR) is 84.7 cm³/mol. The van der Waals surface area contributed by atoms with Crippen molar-refractivity contribution >= 4 is 33.6 Å². The molecule has 2 rings (SSSR count). The van der Waals surface area contributed by atoms with Gasteiger partial charge in [0.05, 0.1) is 4.92 Å². The number of nitro groups is 1. The summed E-state index contributed by atoms with van der Waals surface area (Å²) in [6.45, 7) is 0.528. The van der Waals surface area contributed by atoms with E-state index in [4.69, 9.17) is 0 Å². The van der Waals surface area contributed by atoms with E-state index in [2.05, 4.69) is 15.9 Å². The lowest BCUT2D eigenvalue weighted by molar-refractivity contribution is -0.384. The zero-order valence-corrected chi connectivity index (χ0v) is 12.9. The molecule has 108 valence electrons. The van der Waals surface area contributed by atoms with Gasteiger partial charge in [0.2, 0.25) is 0 Å². The summed E-state index contributed by atoms with van der Waals surface area (Å²) in [4.78, 5) is 23.2. The van der Waals surface area contributed by atoms with E-state index in [0.29, 0.717) is 24.1 Å². The summed E-state index contributed by atoms with van der Waals surface area (Å²) in [5, 5.41) is 11.2. The third kappa shape index (κ3) is 3.66. The Morgan fingerprint density at radius 3 is 2.67 bits per heavy atom. The largest absolute Gasteiger partial charge is 0.365 e. The minimum atomic E-state index is -0.472. The van der Waals surface area contributed by atoms with Crippen LogP contribution in [0.25, 0.3) is 0 Å². The number of carbonyl (C=O) groups excluding carboxylic acids is 1. The molecule has 0 aliphatic carbocycles. The first-order valence-electron chi connectivity index (χ1n) is 6.20. The third-order valence-corrected chi connectivity index (χ3v) is 3.55. The summed E-state index contributed by atoms with van der Waals surface area (Å²) in [5.41, 5.74) is 1.73. The Morgan fingerprint density at radius 2 is 2.05 bits per heavy atom. The Kier molecular flexibility index (Phi) is 4.70. The summed E-state index contributed by atoms with van der Waals surface area (Å²) >= 11 is 3.40. The Hall–Kier alpha value is -2.21. The van der Waals surface area contributed by atoms with E-state index >= 15 is 0 Å². The summed E-state index contributed by atoms with van der Waals surface area (Å²) in [5.74, 6) is 0. The number of halogens is 1. The molecule has 21 heavy (non-hydrogen) atoms. The first kappa shape index (κ1) is 15.2. The first-order valence-corrected chi connectivity index (χ1v) is 7.00. The van der Waals surface area contributed by atoms with Crippen molar-refractivity contribution < 1.29 is 9.72 Å². The molecule has 0 aliphatic rings. The van der Waals surface area contributed by atoms with Crippen LogP contribution in [0.1, 0.15) is 15.9 Å². The number of hydrogen-bond acceptors (Lipinski definition) is 4. The van der Waals surface area contributed by atoms with Crippen molar-refractivity contribution in [2.45, 2.75) is 6.54 Å². The zero-order valence-electron chi connectivity index (χ0n) is 11.3. The second-order valence-corrected chi connectivity index (χ2v) is 5.52. The van der Waals surface area contributed by atoms with E-state index in [1.54, 1.807) is 24.1 Å². The second-order valence-electron chi connectivity index (χ2n) is 4.61. The van der Waals surface area contributed by atoms with Crippen LogP contribution in [0.3, 0.4) is 0 Å². The molecule has 0 N–H and O–H groups in total. The number of hydrogen-bond donors (Lipinski definition) is 0. The molecule has 0 unspecified atom stereocenters. The molecule has 2 aromatic rings. The highest BCUT2D eigenvalue weighted by molar-refractivity contribution is 9.10. The van der Waals surface area contributed by atoms with Gasteiger partial charge in [-0.1, -0.05) is 28.1 Å². The highest BCUT2D eigenvalue weighted by Crippen LogP contribution is 2.29. The Balaban J connectivity index is 2.32. The van der Waals surface area contributed by atoms with Crippen LogP contribution in [0, 0.1) is 10.1 Å². The fraction of sp³-hybridized carbons (Fsp3) is 0.133. The van der Waals surface area contributed by atoms with Gasteiger partial charge in [0.15, 0.2) is 0 Å².